The predicted molar refractivity (Wildman–Crippen MR) is 253 cm³/mol. The van der Waals surface area contributed by atoms with Crippen molar-refractivity contribution < 1.29 is 37.6 Å². The molecule has 2 heterocycles. The van der Waals surface area contributed by atoms with Crippen molar-refractivity contribution >= 4 is 19.8 Å². The second kappa shape index (κ2) is 39.8. The number of nitrogens with zero attached hydrogens (tertiary/aromatic N) is 3. The van der Waals surface area contributed by atoms with Gasteiger partial charge in [0, 0.05) is 56.3 Å². The molecule has 2 rings (SSSR count). The lowest BCUT2D eigenvalue weighted by Crippen LogP contribution is -2.30. The molecule has 2 atom stereocenters. The number of esters is 2. The average Bonchev–Trinajstić information content (AvgIpc) is 3.99. The summed E-state index contributed by atoms with van der Waals surface area (Å²) in [6, 6.07) is 0. The van der Waals surface area contributed by atoms with Crippen molar-refractivity contribution in [3.8, 4) is 0 Å². The van der Waals surface area contributed by atoms with Crippen LogP contribution in [0.1, 0.15) is 231 Å². The van der Waals surface area contributed by atoms with Crippen LogP contribution in [-0.4, -0.2) is 74.1 Å². The van der Waals surface area contributed by atoms with E-state index in [1.807, 2.05) is 4.90 Å². The lowest BCUT2D eigenvalue weighted by molar-refractivity contribution is -0.161. The van der Waals surface area contributed by atoms with E-state index in [0.717, 1.165) is 49.9 Å². The van der Waals surface area contributed by atoms with Crippen molar-refractivity contribution in [2.24, 2.45) is 0 Å². The van der Waals surface area contributed by atoms with E-state index in [-0.39, 0.29) is 32.0 Å². The molecule has 0 saturated heterocycles. The number of unbranched alkanes of at least 4 members (excludes halogenated alkanes) is 28. The fourth-order valence-corrected chi connectivity index (χ4v) is 8.58. The van der Waals surface area contributed by atoms with Crippen LogP contribution in [0.4, 0.5) is 0 Å². The van der Waals surface area contributed by atoms with E-state index >= 15 is 0 Å². The standard InChI is InChI=1S/C49H90N5O8P/c1-3-5-7-9-11-13-15-17-19-21-23-25-27-29-31-33-48(55)59-41-47(62-49(56)34-32-30-28-26-24-22-20-18-16-14-12-10-8-6-4-2)42-61-63(57,58)60-36-35-54(39-45-37-50-43-52-45)40-46-38-51-44-53-46/h37-38,43-44,47H,3-36,39-42H2,1-2H3,(H,50,52)(H,51,53)(H,57,58). The van der Waals surface area contributed by atoms with Crippen LogP contribution in [0.5, 0.6) is 0 Å². The normalized spacial score (nSPS) is 13.1. The third-order valence-electron chi connectivity index (χ3n) is 11.7. The fourth-order valence-electron chi connectivity index (χ4n) is 7.84. The number of imidazole rings is 2. The van der Waals surface area contributed by atoms with Crippen molar-refractivity contribution in [1.29, 1.82) is 0 Å². The minimum absolute atomic E-state index is 0.103. The molecule has 0 aromatic carbocycles. The Morgan fingerprint density at radius 2 is 0.952 bits per heavy atom. The van der Waals surface area contributed by atoms with Gasteiger partial charge in [0.25, 0.3) is 0 Å². The third kappa shape index (κ3) is 34.5. The molecule has 13 nitrogen and oxygen atoms in total. The Bertz CT molecular complexity index is 1330. The summed E-state index contributed by atoms with van der Waals surface area (Å²) in [6.45, 7) is 5.02. The summed E-state index contributed by atoms with van der Waals surface area (Å²) in [4.78, 5) is 52.4. The van der Waals surface area contributed by atoms with Gasteiger partial charge >= 0.3 is 19.8 Å². The van der Waals surface area contributed by atoms with Gasteiger partial charge in [-0.05, 0) is 12.8 Å². The van der Waals surface area contributed by atoms with E-state index in [0.29, 0.717) is 26.1 Å². The number of phosphoric acid groups is 1. The van der Waals surface area contributed by atoms with Crippen LogP contribution < -0.4 is 0 Å². The second-order valence-electron chi connectivity index (χ2n) is 17.7. The Hall–Kier alpha value is -2.57. The minimum atomic E-state index is -4.53. The summed E-state index contributed by atoms with van der Waals surface area (Å²) in [7, 11) is -4.53. The van der Waals surface area contributed by atoms with Crippen LogP contribution in [0.3, 0.4) is 0 Å². The topological polar surface area (TPSA) is 169 Å². The van der Waals surface area contributed by atoms with Crippen molar-refractivity contribution in [3.05, 3.63) is 36.4 Å². The molecule has 2 unspecified atom stereocenters. The Morgan fingerprint density at radius 3 is 1.33 bits per heavy atom. The molecule has 63 heavy (non-hydrogen) atoms. The van der Waals surface area contributed by atoms with Crippen molar-refractivity contribution in [2.75, 3.05) is 26.4 Å². The molecule has 0 saturated carbocycles. The van der Waals surface area contributed by atoms with E-state index < -0.39 is 26.5 Å². The molecule has 0 aliphatic rings. The first-order chi connectivity index (χ1) is 30.8. The Kier molecular flexibility index (Phi) is 35.7. The smallest absolute Gasteiger partial charge is 0.462 e. The van der Waals surface area contributed by atoms with E-state index in [4.69, 9.17) is 18.5 Å². The maximum atomic E-state index is 13.0. The highest BCUT2D eigenvalue weighted by Gasteiger charge is 2.26. The van der Waals surface area contributed by atoms with Gasteiger partial charge in [0.2, 0.25) is 0 Å². The van der Waals surface area contributed by atoms with Gasteiger partial charge in [-0.1, -0.05) is 194 Å². The number of H-pyrrole nitrogens is 2. The Morgan fingerprint density at radius 1 is 0.571 bits per heavy atom. The van der Waals surface area contributed by atoms with Crippen molar-refractivity contribution in [3.63, 3.8) is 0 Å². The quantitative estimate of drug-likeness (QED) is 0.0328. The summed E-state index contributed by atoms with van der Waals surface area (Å²) in [5.41, 5.74) is 1.75. The number of carbonyl (C=O) groups is 2. The lowest BCUT2D eigenvalue weighted by Gasteiger charge is -2.22. The van der Waals surface area contributed by atoms with Gasteiger partial charge in [-0.2, -0.15) is 0 Å². The average molecular weight is 908 g/mol. The summed E-state index contributed by atoms with van der Waals surface area (Å²) < 4.78 is 34.8. The molecule has 0 fully saturated rings. The van der Waals surface area contributed by atoms with E-state index in [2.05, 4.69) is 33.8 Å². The molecule has 364 valence electrons. The van der Waals surface area contributed by atoms with Crippen molar-refractivity contribution in [1.82, 2.24) is 24.8 Å². The maximum Gasteiger partial charge on any atom is 0.472 e. The molecule has 3 N–H and O–H groups in total. The first kappa shape index (κ1) is 56.6. The van der Waals surface area contributed by atoms with Crippen LogP contribution in [0.15, 0.2) is 25.0 Å². The number of hydrogen-bond donors (Lipinski definition) is 3. The van der Waals surface area contributed by atoms with Gasteiger partial charge in [-0.15, -0.1) is 0 Å². The Labute approximate surface area is 382 Å². The summed E-state index contributed by atoms with van der Waals surface area (Å²) >= 11 is 0. The zero-order valence-electron chi connectivity index (χ0n) is 39.9. The summed E-state index contributed by atoms with van der Waals surface area (Å²) in [5, 5.41) is 0. The van der Waals surface area contributed by atoms with Crippen LogP contribution in [0.25, 0.3) is 0 Å². The van der Waals surface area contributed by atoms with Gasteiger partial charge < -0.3 is 24.3 Å². The molecule has 0 spiro atoms. The SMILES string of the molecule is CCCCCCCCCCCCCCCCCC(=O)OCC(COP(=O)(O)OCCN(Cc1cnc[nH]1)Cc1cnc[nH]1)OC(=O)CCCCCCCCCCCCCCCCC. The summed E-state index contributed by atoms with van der Waals surface area (Å²) in [5.74, 6) is -0.829. The number of ether oxygens (including phenoxy) is 2. The van der Waals surface area contributed by atoms with Gasteiger partial charge in [0.05, 0.1) is 25.9 Å². The van der Waals surface area contributed by atoms with E-state index in [1.54, 1.807) is 25.0 Å². The molecular weight excluding hydrogens is 818 g/mol. The van der Waals surface area contributed by atoms with Gasteiger partial charge in [0.15, 0.2) is 6.10 Å². The van der Waals surface area contributed by atoms with E-state index in [9.17, 15) is 19.0 Å². The van der Waals surface area contributed by atoms with Gasteiger partial charge in [0.1, 0.15) is 6.61 Å². The van der Waals surface area contributed by atoms with Gasteiger partial charge in [-0.25, -0.2) is 14.5 Å². The third-order valence-corrected chi connectivity index (χ3v) is 12.7. The zero-order valence-corrected chi connectivity index (χ0v) is 40.7. The second-order valence-corrected chi connectivity index (χ2v) is 19.1. The van der Waals surface area contributed by atoms with E-state index in [1.165, 1.54) is 148 Å². The molecule has 0 bridgehead atoms. The number of hydrogen-bond acceptors (Lipinski definition) is 10. The van der Waals surface area contributed by atoms with Crippen LogP contribution in [-0.2, 0) is 45.8 Å². The summed E-state index contributed by atoms with van der Waals surface area (Å²) in [6.07, 6.45) is 43.2. The first-order valence-electron chi connectivity index (χ1n) is 25.4. The number of aromatic amines is 2. The fraction of sp³-hybridized carbons (Fsp3) is 0.837. The van der Waals surface area contributed by atoms with Crippen LogP contribution in [0.2, 0.25) is 0 Å². The predicted octanol–water partition coefficient (Wildman–Crippen LogP) is 13.2. The van der Waals surface area contributed by atoms with Crippen molar-refractivity contribution in [2.45, 2.75) is 239 Å². The molecule has 0 aliphatic carbocycles. The highest BCUT2D eigenvalue weighted by atomic mass is 31.2. The van der Waals surface area contributed by atoms with Crippen LogP contribution in [0, 0.1) is 0 Å². The zero-order chi connectivity index (χ0) is 45.3. The van der Waals surface area contributed by atoms with Gasteiger partial charge in [-0.3, -0.25) is 23.5 Å². The monoisotopic (exact) mass is 908 g/mol. The maximum absolute atomic E-state index is 13.0. The Balaban J connectivity index is 1.70. The lowest BCUT2D eigenvalue weighted by atomic mass is 10.0. The largest absolute Gasteiger partial charge is 0.472 e. The molecule has 0 radical (unpaired) electrons. The number of nitrogens with one attached hydrogen (secondary N) is 2. The highest BCUT2D eigenvalue weighted by molar-refractivity contribution is 7.47. The number of rotatable bonds is 46. The number of aromatic nitrogens is 4. The minimum Gasteiger partial charge on any atom is -0.462 e. The first-order valence-corrected chi connectivity index (χ1v) is 26.9. The molecule has 0 aliphatic heterocycles. The van der Waals surface area contributed by atoms with Crippen LogP contribution >= 0.6 is 7.82 Å². The number of carbonyl (C=O) groups excluding carboxylic acids is 2. The molecule has 0 amide bonds. The molecular formula is C49H90N5O8P. The highest BCUT2D eigenvalue weighted by Crippen LogP contribution is 2.43. The molecule has 2 aromatic rings. The number of phosphoric ester groups is 1. The molecule has 14 heteroatoms. The molecule has 2 aromatic heterocycles.